The maximum Gasteiger partial charge on any atom is 0.469 e. The third kappa shape index (κ3) is 4.81. The molecule has 0 bridgehead atoms. The van der Waals surface area contributed by atoms with Gasteiger partial charge in [-0.3, -0.25) is 14.1 Å². The molecule has 0 unspecified atom stereocenters. The number of nitriles is 1. The number of ketones is 2. The Morgan fingerprint density at radius 1 is 1.12 bits per heavy atom. The van der Waals surface area contributed by atoms with E-state index in [1.54, 1.807) is 0 Å². The average Bonchev–Trinajstić information content (AvgIpc) is 2.86. The maximum absolute atomic E-state index is 14.1. The zero-order valence-corrected chi connectivity index (χ0v) is 26.5. The van der Waals surface area contributed by atoms with Crippen LogP contribution in [0.4, 0.5) is 0 Å². The van der Waals surface area contributed by atoms with Gasteiger partial charge in [-0.1, -0.05) is 73.5 Å². The Morgan fingerprint density at radius 2 is 1.77 bits per heavy atom. The Hall–Kier alpha value is -1.58. The van der Waals surface area contributed by atoms with Gasteiger partial charge in [0.25, 0.3) is 0 Å². The van der Waals surface area contributed by atoms with Crippen LogP contribution in [0.25, 0.3) is 0 Å². The molecule has 0 aliphatic heterocycles. The summed E-state index contributed by atoms with van der Waals surface area (Å²) >= 11 is 0. The van der Waals surface area contributed by atoms with E-state index in [0.717, 1.165) is 50.5 Å². The molecule has 0 radical (unpaired) electrons. The van der Waals surface area contributed by atoms with Crippen molar-refractivity contribution in [2.45, 2.75) is 107 Å². The number of phosphoric ester groups is 1. The molecule has 2 N–H and O–H groups in total. The quantitative estimate of drug-likeness (QED) is 0.311. The lowest BCUT2D eigenvalue weighted by molar-refractivity contribution is -0.149. The Balaban J connectivity index is 1.78. The van der Waals surface area contributed by atoms with Gasteiger partial charge in [-0.2, -0.15) is 5.26 Å². The number of nitrogens with zero attached hydrogens (tertiary/aromatic N) is 1. The molecule has 0 amide bonds. The standard InChI is InChI=1S/C32H48NO6P/c1-9-27(2,3)12-14-32(20-39-40(36,37)38)15-13-30(7)22(18-32)23(34)16-25-29(6)17-21(19-33)26(35)28(4,5)24(29)10-11-31(25,30)8/h16-17,22,24H,9-15,18,20H2,1-8H3,(H2,36,37,38)/t22-,24-,29-,30+,31+,32-/m0/s1. The maximum atomic E-state index is 14.1. The monoisotopic (exact) mass is 573 g/mol. The van der Waals surface area contributed by atoms with Gasteiger partial charge in [-0.25, -0.2) is 4.57 Å². The molecule has 0 saturated heterocycles. The minimum absolute atomic E-state index is 0.00696. The highest BCUT2D eigenvalue weighted by atomic mass is 31.2. The molecule has 8 heteroatoms. The Morgan fingerprint density at radius 3 is 2.35 bits per heavy atom. The van der Waals surface area contributed by atoms with Gasteiger partial charge in [0.05, 0.1) is 12.2 Å². The molecule has 0 aromatic carbocycles. The van der Waals surface area contributed by atoms with Crippen molar-refractivity contribution in [3.05, 3.63) is 23.3 Å². The first-order valence-electron chi connectivity index (χ1n) is 14.8. The molecular formula is C32H48NO6P. The highest BCUT2D eigenvalue weighted by molar-refractivity contribution is 7.46. The summed E-state index contributed by atoms with van der Waals surface area (Å²) in [4.78, 5) is 46.5. The molecule has 2 fully saturated rings. The molecule has 4 aliphatic carbocycles. The van der Waals surface area contributed by atoms with Crippen molar-refractivity contribution >= 4 is 19.4 Å². The van der Waals surface area contributed by atoms with Crippen molar-refractivity contribution in [3.8, 4) is 6.07 Å². The summed E-state index contributed by atoms with van der Waals surface area (Å²) in [5.41, 5.74) is -1.15. The van der Waals surface area contributed by atoms with Gasteiger partial charge >= 0.3 is 7.82 Å². The highest BCUT2D eigenvalue weighted by Crippen LogP contribution is 2.72. The second-order valence-corrected chi connectivity index (χ2v) is 16.6. The van der Waals surface area contributed by atoms with Gasteiger partial charge in [-0.05, 0) is 78.6 Å². The van der Waals surface area contributed by atoms with Gasteiger partial charge in [0, 0.05) is 16.7 Å². The number of rotatable bonds is 7. The fraction of sp³-hybridized carbons (Fsp3) is 0.781. The lowest BCUT2D eigenvalue weighted by atomic mass is 9.37. The van der Waals surface area contributed by atoms with Crippen molar-refractivity contribution in [1.29, 1.82) is 5.26 Å². The Bertz CT molecular complexity index is 1250. The molecule has 0 aromatic heterocycles. The summed E-state index contributed by atoms with van der Waals surface area (Å²) < 4.78 is 16.9. The summed E-state index contributed by atoms with van der Waals surface area (Å²) in [5, 5.41) is 9.85. The third-order valence-electron chi connectivity index (χ3n) is 12.4. The largest absolute Gasteiger partial charge is 0.469 e. The van der Waals surface area contributed by atoms with Gasteiger partial charge < -0.3 is 9.79 Å². The van der Waals surface area contributed by atoms with E-state index < -0.39 is 24.1 Å². The molecule has 4 aliphatic rings. The highest BCUT2D eigenvalue weighted by Gasteiger charge is 2.67. The lowest BCUT2D eigenvalue weighted by Crippen LogP contribution is -2.62. The lowest BCUT2D eigenvalue weighted by Gasteiger charge is -2.66. The summed E-state index contributed by atoms with van der Waals surface area (Å²) in [5.74, 6) is -0.366. The van der Waals surface area contributed by atoms with Crippen molar-refractivity contribution in [3.63, 3.8) is 0 Å². The predicted molar refractivity (Wildman–Crippen MR) is 154 cm³/mol. The predicted octanol–water partition coefficient (Wildman–Crippen LogP) is 7.10. The van der Waals surface area contributed by atoms with Crippen LogP contribution in [0.5, 0.6) is 0 Å². The van der Waals surface area contributed by atoms with E-state index in [0.29, 0.717) is 6.42 Å². The van der Waals surface area contributed by atoms with Gasteiger partial charge in [0.2, 0.25) is 0 Å². The van der Waals surface area contributed by atoms with E-state index >= 15 is 0 Å². The van der Waals surface area contributed by atoms with Crippen molar-refractivity contribution in [2.24, 2.45) is 44.3 Å². The number of carbonyl (C=O) groups excluding carboxylic acids is 2. The topological polar surface area (TPSA) is 125 Å². The number of phosphoric acid groups is 1. The molecule has 222 valence electrons. The fourth-order valence-corrected chi connectivity index (χ4v) is 9.45. The number of fused-ring (bicyclic) bond motifs is 5. The molecule has 4 rings (SSSR count). The van der Waals surface area contributed by atoms with E-state index in [9.17, 15) is 29.2 Å². The molecule has 0 spiro atoms. The number of allylic oxidation sites excluding steroid dienone is 4. The molecule has 7 nitrogen and oxygen atoms in total. The zero-order valence-electron chi connectivity index (χ0n) is 25.6. The first-order chi connectivity index (χ1) is 18.2. The van der Waals surface area contributed by atoms with Crippen LogP contribution in [0.3, 0.4) is 0 Å². The summed E-state index contributed by atoms with van der Waals surface area (Å²) in [6, 6.07) is 2.14. The minimum Gasteiger partial charge on any atom is -0.303 e. The molecule has 0 heterocycles. The van der Waals surface area contributed by atoms with Crippen molar-refractivity contribution < 1.29 is 28.5 Å². The fourth-order valence-electron chi connectivity index (χ4n) is 9.01. The van der Waals surface area contributed by atoms with Crippen LogP contribution in [0.2, 0.25) is 0 Å². The van der Waals surface area contributed by atoms with Crippen LogP contribution in [0.15, 0.2) is 23.3 Å². The van der Waals surface area contributed by atoms with Crippen LogP contribution in [-0.4, -0.2) is 28.0 Å². The molecular weight excluding hydrogens is 525 g/mol. The first kappa shape index (κ1) is 31.4. The van der Waals surface area contributed by atoms with Gasteiger partial charge in [-0.15, -0.1) is 0 Å². The molecule has 6 atom stereocenters. The van der Waals surface area contributed by atoms with E-state index in [4.69, 9.17) is 4.52 Å². The summed E-state index contributed by atoms with van der Waals surface area (Å²) in [6.07, 6.45) is 9.96. The van der Waals surface area contributed by atoms with E-state index in [1.807, 2.05) is 26.0 Å². The van der Waals surface area contributed by atoms with E-state index in [-0.39, 0.29) is 51.8 Å². The Labute approximate surface area is 240 Å². The van der Waals surface area contributed by atoms with Gasteiger partial charge in [0.15, 0.2) is 11.6 Å². The van der Waals surface area contributed by atoms with E-state index in [1.165, 1.54) is 0 Å². The van der Waals surface area contributed by atoms with Crippen molar-refractivity contribution in [1.82, 2.24) is 0 Å². The van der Waals surface area contributed by atoms with Crippen LogP contribution in [0, 0.1) is 55.7 Å². The number of hydrogen-bond donors (Lipinski definition) is 2. The average molecular weight is 574 g/mol. The van der Waals surface area contributed by atoms with Crippen molar-refractivity contribution in [2.75, 3.05) is 6.61 Å². The SMILES string of the molecule is CCC(C)(C)CC[C@]1(COP(=O)(O)O)CC[C@]2(C)[C@@H](C1)C(=O)C=C1[C@@]3(C)C=C(C#N)C(=O)C(C)(C)[C@@H]3CC[C@]12C. The molecule has 40 heavy (non-hydrogen) atoms. The smallest absolute Gasteiger partial charge is 0.303 e. The third-order valence-corrected chi connectivity index (χ3v) is 12.9. The summed E-state index contributed by atoms with van der Waals surface area (Å²) in [6.45, 7) is 17.0. The Kier molecular flexibility index (Phi) is 7.63. The van der Waals surface area contributed by atoms with Crippen LogP contribution in [-0.2, 0) is 18.7 Å². The van der Waals surface area contributed by atoms with Gasteiger partial charge in [0.1, 0.15) is 6.07 Å². The van der Waals surface area contributed by atoms with E-state index in [2.05, 4.69) is 47.6 Å². The number of Topliss-reactive ketones (excluding diaryl/α,β-unsaturated/α-hetero) is 1. The zero-order chi connectivity index (χ0) is 30.2. The van der Waals surface area contributed by atoms with Crippen LogP contribution in [0.1, 0.15) is 107 Å². The second-order valence-electron chi connectivity index (χ2n) is 15.3. The number of hydrogen-bond acceptors (Lipinski definition) is 5. The second kappa shape index (κ2) is 9.73. The molecule has 0 aromatic rings. The van der Waals surface area contributed by atoms with Crippen LogP contribution >= 0.6 is 7.82 Å². The summed E-state index contributed by atoms with van der Waals surface area (Å²) in [7, 11) is -4.66. The normalized spacial score (nSPS) is 39.3. The molecule has 2 saturated carbocycles. The first-order valence-corrected chi connectivity index (χ1v) is 16.4. The number of carbonyl (C=O) groups is 2. The van der Waals surface area contributed by atoms with Crippen LogP contribution < -0.4 is 0 Å². The minimum atomic E-state index is -4.66.